The normalized spacial score (nSPS) is 18.4. The van der Waals surface area contributed by atoms with Crippen LogP contribution in [-0.4, -0.2) is 86.6 Å². The number of hydrogen-bond donors (Lipinski definition) is 0. The molecule has 1 aromatic carbocycles. The largest absolute Gasteiger partial charge is 0.497 e. The number of hydrogen-bond acceptors (Lipinski definition) is 6. The van der Waals surface area contributed by atoms with Crippen LogP contribution in [0.4, 0.5) is 0 Å². The average molecular weight is 387 g/mol. The van der Waals surface area contributed by atoms with E-state index in [4.69, 9.17) is 9.47 Å². The molecule has 2 aliphatic heterocycles. The standard InChI is InChI=1S/C21H29N3O4/c1-4-22-11-13-23(14-12-22)19-18(16-6-8-17(28-3)9-7-16)20(25)24(21(19)26)10-5-15-27-2/h6-9H,4-5,10-15H2,1-3H3. The summed E-state index contributed by atoms with van der Waals surface area (Å²) < 4.78 is 10.3. The zero-order valence-corrected chi connectivity index (χ0v) is 16.9. The quantitative estimate of drug-likeness (QED) is 0.497. The molecule has 0 N–H and O–H groups in total. The highest BCUT2D eigenvalue weighted by molar-refractivity contribution is 6.35. The van der Waals surface area contributed by atoms with E-state index in [1.807, 2.05) is 24.3 Å². The van der Waals surface area contributed by atoms with Crippen LogP contribution in [-0.2, 0) is 14.3 Å². The Hall–Kier alpha value is -2.38. The summed E-state index contributed by atoms with van der Waals surface area (Å²) in [5.41, 5.74) is 1.78. The van der Waals surface area contributed by atoms with Gasteiger partial charge in [-0.15, -0.1) is 0 Å². The van der Waals surface area contributed by atoms with Crippen molar-refractivity contribution in [3.63, 3.8) is 0 Å². The first kappa shape index (κ1) is 20.4. The maximum Gasteiger partial charge on any atom is 0.277 e. The van der Waals surface area contributed by atoms with Crippen LogP contribution in [0.25, 0.3) is 5.57 Å². The van der Waals surface area contributed by atoms with Gasteiger partial charge in [-0.3, -0.25) is 14.5 Å². The van der Waals surface area contributed by atoms with Crippen LogP contribution in [0.5, 0.6) is 5.75 Å². The molecule has 0 atom stereocenters. The smallest absolute Gasteiger partial charge is 0.277 e. The minimum absolute atomic E-state index is 0.197. The number of carbonyl (C=O) groups excluding carboxylic acids is 2. The van der Waals surface area contributed by atoms with Crippen molar-refractivity contribution in [2.75, 3.05) is 60.1 Å². The first-order valence-corrected chi connectivity index (χ1v) is 9.81. The molecule has 2 aliphatic rings. The Balaban J connectivity index is 1.93. The van der Waals surface area contributed by atoms with E-state index in [2.05, 4.69) is 16.7 Å². The summed E-state index contributed by atoms with van der Waals surface area (Å²) in [7, 11) is 3.22. The van der Waals surface area contributed by atoms with E-state index in [1.165, 1.54) is 4.90 Å². The number of benzene rings is 1. The lowest BCUT2D eigenvalue weighted by Crippen LogP contribution is -2.47. The molecule has 1 fully saturated rings. The van der Waals surface area contributed by atoms with Crippen LogP contribution in [0.15, 0.2) is 30.0 Å². The molecule has 0 unspecified atom stereocenters. The Morgan fingerprint density at radius 3 is 2.21 bits per heavy atom. The molecule has 0 aromatic heterocycles. The molecule has 3 rings (SSSR count). The number of rotatable bonds is 8. The highest BCUT2D eigenvalue weighted by Gasteiger charge is 2.41. The Labute approximate surface area is 166 Å². The molecule has 2 heterocycles. The first-order valence-electron chi connectivity index (χ1n) is 9.81. The van der Waals surface area contributed by atoms with Crippen molar-refractivity contribution in [3.05, 3.63) is 35.5 Å². The molecular weight excluding hydrogens is 358 g/mol. The van der Waals surface area contributed by atoms with Gasteiger partial charge in [0.2, 0.25) is 0 Å². The lowest BCUT2D eigenvalue weighted by molar-refractivity contribution is -0.137. The molecule has 1 aromatic rings. The first-order chi connectivity index (χ1) is 13.6. The third-order valence-corrected chi connectivity index (χ3v) is 5.39. The van der Waals surface area contributed by atoms with Gasteiger partial charge in [-0.25, -0.2) is 0 Å². The fourth-order valence-electron chi connectivity index (χ4n) is 3.73. The molecule has 0 bridgehead atoms. The predicted molar refractivity (Wildman–Crippen MR) is 107 cm³/mol. The van der Waals surface area contributed by atoms with Crippen molar-refractivity contribution in [3.8, 4) is 5.75 Å². The molecule has 2 amide bonds. The number of amides is 2. The molecule has 0 aliphatic carbocycles. The minimum atomic E-state index is -0.223. The second kappa shape index (κ2) is 9.21. The topological polar surface area (TPSA) is 62.3 Å². The van der Waals surface area contributed by atoms with Gasteiger partial charge in [0.1, 0.15) is 11.4 Å². The van der Waals surface area contributed by atoms with Crippen LogP contribution in [0.2, 0.25) is 0 Å². The summed E-state index contributed by atoms with van der Waals surface area (Å²) in [6, 6.07) is 7.33. The Kier molecular flexibility index (Phi) is 6.70. The molecule has 0 saturated carbocycles. The monoisotopic (exact) mass is 387 g/mol. The molecule has 1 saturated heterocycles. The van der Waals surface area contributed by atoms with Crippen molar-refractivity contribution < 1.29 is 19.1 Å². The van der Waals surface area contributed by atoms with Crippen molar-refractivity contribution in [2.45, 2.75) is 13.3 Å². The Bertz CT molecular complexity index is 737. The summed E-state index contributed by atoms with van der Waals surface area (Å²) in [5, 5.41) is 0. The fraction of sp³-hybridized carbons (Fsp3) is 0.524. The SMILES string of the molecule is CCN1CCN(C2=C(c3ccc(OC)cc3)C(=O)N(CCCOC)C2=O)CC1. The van der Waals surface area contributed by atoms with E-state index in [-0.39, 0.29) is 11.8 Å². The fourth-order valence-corrected chi connectivity index (χ4v) is 3.73. The van der Waals surface area contributed by atoms with Crippen molar-refractivity contribution in [2.24, 2.45) is 0 Å². The minimum Gasteiger partial charge on any atom is -0.497 e. The number of methoxy groups -OCH3 is 2. The number of ether oxygens (including phenoxy) is 2. The van der Waals surface area contributed by atoms with Crippen LogP contribution in [0.1, 0.15) is 18.9 Å². The van der Waals surface area contributed by atoms with E-state index < -0.39 is 0 Å². The number of piperazine rings is 1. The predicted octanol–water partition coefficient (Wildman–Crippen LogP) is 1.45. The molecular formula is C21H29N3O4. The van der Waals surface area contributed by atoms with Crippen molar-refractivity contribution >= 4 is 17.4 Å². The number of carbonyl (C=O) groups is 2. The number of imide groups is 1. The van der Waals surface area contributed by atoms with Gasteiger partial charge in [-0.2, -0.15) is 0 Å². The van der Waals surface area contributed by atoms with Gasteiger partial charge in [-0.1, -0.05) is 19.1 Å². The van der Waals surface area contributed by atoms with Crippen LogP contribution in [0.3, 0.4) is 0 Å². The zero-order valence-electron chi connectivity index (χ0n) is 16.9. The summed E-state index contributed by atoms with van der Waals surface area (Å²) in [6.45, 7) is 7.28. The Morgan fingerprint density at radius 1 is 0.964 bits per heavy atom. The summed E-state index contributed by atoms with van der Waals surface area (Å²) in [5.74, 6) is 0.298. The number of likely N-dealkylation sites (N-methyl/N-ethyl adjacent to an activating group) is 1. The van der Waals surface area contributed by atoms with Crippen LogP contribution < -0.4 is 4.74 Å². The highest BCUT2D eigenvalue weighted by Crippen LogP contribution is 2.33. The van der Waals surface area contributed by atoms with Gasteiger partial charge in [-0.05, 0) is 30.7 Å². The highest BCUT2D eigenvalue weighted by atomic mass is 16.5. The van der Waals surface area contributed by atoms with E-state index in [9.17, 15) is 9.59 Å². The third kappa shape index (κ3) is 4.05. The van der Waals surface area contributed by atoms with E-state index in [1.54, 1.807) is 14.2 Å². The van der Waals surface area contributed by atoms with Gasteiger partial charge < -0.3 is 19.3 Å². The van der Waals surface area contributed by atoms with Gasteiger partial charge in [0.15, 0.2) is 0 Å². The van der Waals surface area contributed by atoms with E-state index >= 15 is 0 Å². The second-order valence-corrected chi connectivity index (χ2v) is 6.98. The molecule has 28 heavy (non-hydrogen) atoms. The van der Waals surface area contributed by atoms with Gasteiger partial charge >= 0.3 is 0 Å². The van der Waals surface area contributed by atoms with Crippen LogP contribution in [0, 0.1) is 0 Å². The van der Waals surface area contributed by atoms with Gasteiger partial charge in [0.05, 0.1) is 12.7 Å². The van der Waals surface area contributed by atoms with Gasteiger partial charge in [0, 0.05) is 46.4 Å². The van der Waals surface area contributed by atoms with E-state index in [0.717, 1.165) is 44.0 Å². The summed E-state index contributed by atoms with van der Waals surface area (Å²) in [6.07, 6.45) is 0.626. The third-order valence-electron chi connectivity index (χ3n) is 5.39. The summed E-state index contributed by atoms with van der Waals surface area (Å²) in [4.78, 5) is 32.2. The van der Waals surface area contributed by atoms with Crippen LogP contribution >= 0.6 is 0 Å². The average Bonchev–Trinajstić information content (AvgIpc) is 2.98. The van der Waals surface area contributed by atoms with Crippen molar-refractivity contribution in [1.82, 2.24) is 14.7 Å². The number of nitrogens with zero attached hydrogens (tertiary/aromatic N) is 3. The second-order valence-electron chi connectivity index (χ2n) is 6.98. The van der Waals surface area contributed by atoms with Gasteiger partial charge in [0.25, 0.3) is 11.8 Å². The molecule has 7 heteroatoms. The zero-order chi connectivity index (χ0) is 20.1. The molecule has 152 valence electrons. The van der Waals surface area contributed by atoms with E-state index in [0.29, 0.717) is 30.8 Å². The maximum absolute atomic E-state index is 13.2. The Morgan fingerprint density at radius 2 is 1.64 bits per heavy atom. The maximum atomic E-state index is 13.2. The molecule has 0 radical (unpaired) electrons. The molecule has 0 spiro atoms. The summed E-state index contributed by atoms with van der Waals surface area (Å²) >= 11 is 0. The van der Waals surface area contributed by atoms with Crippen molar-refractivity contribution in [1.29, 1.82) is 0 Å². The lowest BCUT2D eigenvalue weighted by Gasteiger charge is -2.36. The molecule has 7 nitrogen and oxygen atoms in total. The lowest BCUT2D eigenvalue weighted by atomic mass is 10.0.